The van der Waals surface area contributed by atoms with Crippen molar-refractivity contribution in [2.24, 2.45) is 0 Å². The van der Waals surface area contributed by atoms with Gasteiger partial charge in [-0.2, -0.15) is 4.98 Å². The van der Waals surface area contributed by atoms with Crippen molar-refractivity contribution in [2.45, 2.75) is 39.7 Å². The Balaban J connectivity index is 2.29. The van der Waals surface area contributed by atoms with Crippen LogP contribution in [0.2, 0.25) is 0 Å². The predicted molar refractivity (Wildman–Crippen MR) is 81.7 cm³/mol. The summed E-state index contributed by atoms with van der Waals surface area (Å²) in [5.74, 6) is 1.59. The van der Waals surface area contributed by atoms with Gasteiger partial charge in [-0.05, 0) is 46.3 Å². The second-order valence-corrected chi connectivity index (χ2v) is 5.05. The van der Waals surface area contributed by atoms with Crippen molar-refractivity contribution in [3.63, 3.8) is 0 Å². The van der Waals surface area contributed by atoms with Gasteiger partial charge in [0.15, 0.2) is 0 Å². The molecule has 0 saturated heterocycles. The topological polar surface area (TPSA) is 53.1 Å². The third-order valence-corrected chi connectivity index (χ3v) is 3.06. The van der Waals surface area contributed by atoms with Gasteiger partial charge in [-0.15, -0.1) is 0 Å². The molecule has 1 heterocycles. The first-order valence-electron chi connectivity index (χ1n) is 7.14. The standard InChI is InChI=1S/C14H27N5/c1-5-8-16-14-17-10-7-13(18-14)15-9-6-11-19(4)12(2)3/h7,10,12H,5-6,8-9,11H2,1-4H3,(H2,15,16,17,18). The Morgan fingerprint density at radius 2 is 2.05 bits per heavy atom. The number of hydrogen-bond donors (Lipinski definition) is 2. The minimum atomic E-state index is 0.601. The van der Waals surface area contributed by atoms with Crippen molar-refractivity contribution in [2.75, 3.05) is 37.3 Å². The molecule has 0 unspecified atom stereocenters. The Hall–Kier alpha value is -1.36. The number of nitrogens with one attached hydrogen (secondary N) is 2. The van der Waals surface area contributed by atoms with Crippen LogP contribution < -0.4 is 10.6 Å². The first kappa shape index (κ1) is 15.7. The monoisotopic (exact) mass is 265 g/mol. The highest BCUT2D eigenvalue weighted by atomic mass is 15.1. The fourth-order valence-corrected chi connectivity index (χ4v) is 1.58. The van der Waals surface area contributed by atoms with Crippen LogP contribution in [0, 0.1) is 0 Å². The van der Waals surface area contributed by atoms with Crippen LogP contribution in [0.15, 0.2) is 12.3 Å². The molecule has 1 rings (SSSR count). The maximum absolute atomic E-state index is 4.42. The lowest BCUT2D eigenvalue weighted by Gasteiger charge is -2.20. The molecule has 0 aliphatic heterocycles. The van der Waals surface area contributed by atoms with Crippen molar-refractivity contribution >= 4 is 11.8 Å². The van der Waals surface area contributed by atoms with Crippen molar-refractivity contribution < 1.29 is 0 Å². The van der Waals surface area contributed by atoms with Crippen LogP contribution >= 0.6 is 0 Å². The van der Waals surface area contributed by atoms with E-state index in [1.807, 2.05) is 6.07 Å². The lowest BCUT2D eigenvalue weighted by atomic mass is 10.3. The fraction of sp³-hybridized carbons (Fsp3) is 0.714. The van der Waals surface area contributed by atoms with Gasteiger partial charge < -0.3 is 15.5 Å². The maximum atomic E-state index is 4.42. The Morgan fingerprint density at radius 3 is 2.74 bits per heavy atom. The summed E-state index contributed by atoms with van der Waals surface area (Å²) in [6.45, 7) is 9.48. The van der Waals surface area contributed by atoms with Crippen LogP contribution in [0.3, 0.4) is 0 Å². The Morgan fingerprint density at radius 1 is 1.26 bits per heavy atom. The zero-order valence-electron chi connectivity index (χ0n) is 12.6. The van der Waals surface area contributed by atoms with Gasteiger partial charge in [0.2, 0.25) is 5.95 Å². The summed E-state index contributed by atoms with van der Waals surface area (Å²) >= 11 is 0. The molecule has 1 aromatic heterocycles. The van der Waals surface area contributed by atoms with Crippen LogP contribution in [0.25, 0.3) is 0 Å². The van der Waals surface area contributed by atoms with E-state index in [1.54, 1.807) is 6.20 Å². The molecule has 0 aromatic carbocycles. The summed E-state index contributed by atoms with van der Waals surface area (Å²) in [4.78, 5) is 10.9. The molecule has 108 valence electrons. The smallest absolute Gasteiger partial charge is 0.224 e. The lowest BCUT2D eigenvalue weighted by molar-refractivity contribution is 0.273. The van der Waals surface area contributed by atoms with Gasteiger partial charge in [0.1, 0.15) is 5.82 Å². The first-order valence-corrected chi connectivity index (χ1v) is 7.14. The number of rotatable bonds is 9. The van der Waals surface area contributed by atoms with Gasteiger partial charge in [0, 0.05) is 25.3 Å². The van der Waals surface area contributed by atoms with Crippen LogP contribution in [0.1, 0.15) is 33.6 Å². The van der Waals surface area contributed by atoms with Gasteiger partial charge in [0.05, 0.1) is 0 Å². The molecule has 1 aromatic rings. The molecule has 0 amide bonds. The molecule has 5 nitrogen and oxygen atoms in total. The van der Waals surface area contributed by atoms with Crippen molar-refractivity contribution in [3.8, 4) is 0 Å². The Bertz CT molecular complexity index is 353. The molecule has 0 fully saturated rings. The van der Waals surface area contributed by atoms with E-state index in [0.29, 0.717) is 12.0 Å². The molecule has 0 bridgehead atoms. The summed E-state index contributed by atoms with van der Waals surface area (Å²) in [5, 5.41) is 6.53. The zero-order chi connectivity index (χ0) is 14.1. The number of hydrogen-bond acceptors (Lipinski definition) is 5. The summed E-state index contributed by atoms with van der Waals surface area (Å²) in [6.07, 6.45) is 3.96. The third-order valence-electron chi connectivity index (χ3n) is 3.06. The first-order chi connectivity index (χ1) is 9.13. The second-order valence-electron chi connectivity index (χ2n) is 5.05. The summed E-state index contributed by atoms with van der Waals surface area (Å²) < 4.78 is 0. The van der Waals surface area contributed by atoms with Crippen molar-refractivity contribution in [3.05, 3.63) is 12.3 Å². The molecule has 19 heavy (non-hydrogen) atoms. The van der Waals surface area contributed by atoms with Crippen LogP contribution in [0.4, 0.5) is 11.8 Å². The highest BCUT2D eigenvalue weighted by molar-refractivity contribution is 5.39. The van der Waals surface area contributed by atoms with E-state index in [0.717, 1.165) is 38.3 Å². The Kier molecular flexibility index (Phi) is 7.18. The van der Waals surface area contributed by atoms with Gasteiger partial charge in [-0.3, -0.25) is 0 Å². The van der Waals surface area contributed by atoms with E-state index in [4.69, 9.17) is 0 Å². The molecular formula is C14H27N5. The van der Waals surface area contributed by atoms with Crippen LogP contribution in [-0.2, 0) is 0 Å². The highest BCUT2D eigenvalue weighted by Crippen LogP contribution is 2.05. The zero-order valence-corrected chi connectivity index (χ0v) is 12.6. The molecule has 0 saturated carbocycles. The van der Waals surface area contributed by atoms with Crippen LogP contribution in [0.5, 0.6) is 0 Å². The summed E-state index contributed by atoms with van der Waals surface area (Å²) in [7, 11) is 2.15. The quantitative estimate of drug-likeness (QED) is 0.672. The molecule has 0 atom stereocenters. The van der Waals surface area contributed by atoms with Gasteiger partial charge in [-0.1, -0.05) is 6.92 Å². The van der Waals surface area contributed by atoms with Crippen LogP contribution in [-0.4, -0.2) is 47.6 Å². The number of aromatic nitrogens is 2. The highest BCUT2D eigenvalue weighted by Gasteiger charge is 2.02. The molecule has 0 spiro atoms. The summed E-state index contributed by atoms with van der Waals surface area (Å²) in [5.41, 5.74) is 0. The minimum absolute atomic E-state index is 0.601. The molecule has 0 aliphatic rings. The molecule has 0 aliphatic carbocycles. The van der Waals surface area contributed by atoms with E-state index < -0.39 is 0 Å². The minimum Gasteiger partial charge on any atom is -0.370 e. The molecular weight excluding hydrogens is 238 g/mol. The normalized spacial score (nSPS) is 11.1. The largest absolute Gasteiger partial charge is 0.370 e. The van der Waals surface area contributed by atoms with Crippen molar-refractivity contribution in [1.82, 2.24) is 14.9 Å². The van der Waals surface area contributed by atoms with E-state index in [1.165, 1.54) is 0 Å². The number of anilines is 2. The SMILES string of the molecule is CCCNc1nccc(NCCCN(C)C(C)C)n1. The average Bonchev–Trinajstić information content (AvgIpc) is 2.41. The van der Waals surface area contributed by atoms with Gasteiger partial charge in [0.25, 0.3) is 0 Å². The summed E-state index contributed by atoms with van der Waals surface area (Å²) in [6, 6.07) is 2.51. The van der Waals surface area contributed by atoms with Gasteiger partial charge in [-0.25, -0.2) is 4.98 Å². The van der Waals surface area contributed by atoms with E-state index in [9.17, 15) is 0 Å². The van der Waals surface area contributed by atoms with Gasteiger partial charge >= 0.3 is 0 Å². The molecule has 0 radical (unpaired) electrons. The van der Waals surface area contributed by atoms with Crippen molar-refractivity contribution in [1.29, 1.82) is 0 Å². The second kappa shape index (κ2) is 8.69. The average molecular weight is 265 g/mol. The van der Waals surface area contributed by atoms with E-state index in [-0.39, 0.29) is 0 Å². The van der Waals surface area contributed by atoms with E-state index in [2.05, 4.69) is 53.3 Å². The fourth-order valence-electron chi connectivity index (χ4n) is 1.58. The Labute approximate surface area is 116 Å². The maximum Gasteiger partial charge on any atom is 0.224 e. The van der Waals surface area contributed by atoms with E-state index >= 15 is 0 Å². The predicted octanol–water partition coefficient (Wildman–Crippen LogP) is 2.44. The third kappa shape index (κ3) is 6.38. The number of nitrogens with zero attached hydrogens (tertiary/aromatic N) is 3. The molecule has 2 N–H and O–H groups in total. The lowest BCUT2D eigenvalue weighted by Crippen LogP contribution is -2.28. The molecule has 5 heteroatoms.